The van der Waals surface area contributed by atoms with Crippen molar-refractivity contribution in [2.45, 2.75) is 27.2 Å². The topological polar surface area (TPSA) is 61.4 Å². The van der Waals surface area contributed by atoms with E-state index < -0.39 is 11.8 Å². The van der Waals surface area contributed by atoms with E-state index >= 15 is 0 Å². The predicted molar refractivity (Wildman–Crippen MR) is 85.5 cm³/mol. The number of carbonyl (C=O) groups is 2. The molecule has 2 N–H and O–H groups in total. The Morgan fingerprint density at radius 1 is 1.05 bits per heavy atom. The minimum Gasteiger partial charge on any atom is -0.348 e. The first kappa shape index (κ1) is 17.2. The first-order chi connectivity index (χ1) is 9.81. The zero-order valence-corrected chi connectivity index (χ0v) is 13.5. The van der Waals surface area contributed by atoms with Gasteiger partial charge in [0.05, 0.1) is 0 Å². The standard InChI is InChI=1S/C16H25N3O2/c1-11-9-12(2)14(13(3)10-11)18-16(21)15(20)17-7-6-8-19(4)5/h9-10H,6-8H2,1-5H3,(H,17,20)(H,18,21). The summed E-state index contributed by atoms with van der Waals surface area (Å²) < 4.78 is 0. The summed E-state index contributed by atoms with van der Waals surface area (Å²) in [6, 6.07) is 3.97. The van der Waals surface area contributed by atoms with Crippen molar-refractivity contribution in [1.29, 1.82) is 0 Å². The van der Waals surface area contributed by atoms with E-state index in [2.05, 4.69) is 10.6 Å². The molecule has 0 fully saturated rings. The van der Waals surface area contributed by atoms with Gasteiger partial charge in [-0.05, 0) is 59.0 Å². The van der Waals surface area contributed by atoms with Crippen molar-refractivity contribution in [2.24, 2.45) is 0 Å². The second-order valence-corrected chi connectivity index (χ2v) is 5.64. The van der Waals surface area contributed by atoms with Crippen LogP contribution in [0.1, 0.15) is 23.1 Å². The van der Waals surface area contributed by atoms with E-state index in [0.717, 1.165) is 29.7 Å². The van der Waals surface area contributed by atoms with Gasteiger partial charge in [-0.25, -0.2) is 0 Å². The van der Waals surface area contributed by atoms with E-state index in [1.807, 2.05) is 51.9 Å². The van der Waals surface area contributed by atoms with Crippen LogP contribution < -0.4 is 10.6 Å². The van der Waals surface area contributed by atoms with E-state index in [1.54, 1.807) is 0 Å². The Bertz CT molecular complexity index is 501. The molecule has 0 spiro atoms. The molecule has 0 bridgehead atoms. The molecular weight excluding hydrogens is 266 g/mol. The number of rotatable bonds is 5. The molecule has 116 valence electrons. The summed E-state index contributed by atoms with van der Waals surface area (Å²) in [5.41, 5.74) is 3.77. The fraction of sp³-hybridized carbons (Fsp3) is 0.500. The van der Waals surface area contributed by atoms with Crippen LogP contribution in [-0.2, 0) is 9.59 Å². The van der Waals surface area contributed by atoms with Crippen LogP contribution in [0.15, 0.2) is 12.1 Å². The molecular formula is C16H25N3O2. The number of benzene rings is 1. The van der Waals surface area contributed by atoms with Crippen molar-refractivity contribution in [1.82, 2.24) is 10.2 Å². The van der Waals surface area contributed by atoms with Gasteiger partial charge >= 0.3 is 11.8 Å². The maximum atomic E-state index is 11.9. The molecule has 21 heavy (non-hydrogen) atoms. The van der Waals surface area contributed by atoms with Crippen molar-refractivity contribution in [2.75, 3.05) is 32.5 Å². The highest BCUT2D eigenvalue weighted by Crippen LogP contribution is 2.21. The van der Waals surface area contributed by atoms with Gasteiger partial charge in [-0.2, -0.15) is 0 Å². The Morgan fingerprint density at radius 3 is 2.14 bits per heavy atom. The lowest BCUT2D eigenvalue weighted by atomic mass is 10.1. The van der Waals surface area contributed by atoms with Crippen LogP contribution >= 0.6 is 0 Å². The third-order valence-corrected chi connectivity index (χ3v) is 3.19. The number of nitrogens with one attached hydrogen (secondary N) is 2. The molecule has 5 heteroatoms. The highest BCUT2D eigenvalue weighted by molar-refractivity contribution is 6.39. The summed E-state index contributed by atoms with van der Waals surface area (Å²) >= 11 is 0. The number of hydrogen-bond acceptors (Lipinski definition) is 3. The van der Waals surface area contributed by atoms with E-state index in [1.165, 1.54) is 0 Å². The Morgan fingerprint density at radius 2 is 1.62 bits per heavy atom. The lowest BCUT2D eigenvalue weighted by Crippen LogP contribution is -2.37. The van der Waals surface area contributed by atoms with Gasteiger partial charge in [0, 0.05) is 12.2 Å². The molecule has 1 aromatic rings. The fourth-order valence-electron chi connectivity index (χ4n) is 2.22. The number of nitrogens with zero attached hydrogens (tertiary/aromatic N) is 1. The monoisotopic (exact) mass is 291 g/mol. The van der Waals surface area contributed by atoms with Gasteiger partial charge in [0.2, 0.25) is 0 Å². The van der Waals surface area contributed by atoms with Gasteiger partial charge in [0.25, 0.3) is 0 Å². The number of anilines is 1. The number of amides is 2. The Kier molecular flexibility index (Phi) is 6.37. The van der Waals surface area contributed by atoms with Crippen LogP contribution in [-0.4, -0.2) is 43.9 Å². The molecule has 0 saturated carbocycles. The van der Waals surface area contributed by atoms with Crippen LogP contribution in [0.25, 0.3) is 0 Å². The highest BCUT2D eigenvalue weighted by Gasteiger charge is 2.15. The first-order valence-corrected chi connectivity index (χ1v) is 7.13. The smallest absolute Gasteiger partial charge is 0.313 e. The number of hydrogen-bond donors (Lipinski definition) is 2. The quantitative estimate of drug-likeness (QED) is 0.640. The van der Waals surface area contributed by atoms with Crippen LogP contribution in [0.4, 0.5) is 5.69 Å². The number of aryl methyl sites for hydroxylation is 3. The van der Waals surface area contributed by atoms with Gasteiger partial charge in [-0.15, -0.1) is 0 Å². The normalized spacial score (nSPS) is 10.6. The van der Waals surface area contributed by atoms with Gasteiger partial charge in [0.1, 0.15) is 0 Å². The molecule has 0 aliphatic carbocycles. The molecule has 5 nitrogen and oxygen atoms in total. The largest absolute Gasteiger partial charge is 0.348 e. The summed E-state index contributed by atoms with van der Waals surface area (Å²) in [5, 5.41) is 5.32. The molecule has 0 aromatic heterocycles. The Labute approximate surface area is 126 Å². The third-order valence-electron chi connectivity index (χ3n) is 3.19. The second-order valence-electron chi connectivity index (χ2n) is 5.64. The minimum absolute atomic E-state index is 0.496. The third kappa shape index (κ3) is 5.55. The molecule has 2 amide bonds. The number of carbonyl (C=O) groups excluding carboxylic acids is 2. The zero-order valence-electron chi connectivity index (χ0n) is 13.5. The van der Waals surface area contributed by atoms with Crippen LogP contribution in [0.3, 0.4) is 0 Å². The molecule has 0 aliphatic heterocycles. The van der Waals surface area contributed by atoms with Crippen LogP contribution in [0, 0.1) is 20.8 Å². The minimum atomic E-state index is -0.616. The summed E-state index contributed by atoms with van der Waals surface area (Å²) in [7, 11) is 3.94. The van der Waals surface area contributed by atoms with Gasteiger partial charge in [-0.1, -0.05) is 17.7 Å². The van der Waals surface area contributed by atoms with Crippen molar-refractivity contribution in [3.63, 3.8) is 0 Å². The van der Waals surface area contributed by atoms with Crippen molar-refractivity contribution in [3.05, 3.63) is 28.8 Å². The molecule has 0 aliphatic rings. The van der Waals surface area contributed by atoms with Crippen molar-refractivity contribution in [3.8, 4) is 0 Å². The van der Waals surface area contributed by atoms with Crippen LogP contribution in [0.2, 0.25) is 0 Å². The first-order valence-electron chi connectivity index (χ1n) is 7.13. The predicted octanol–water partition coefficient (Wildman–Crippen LogP) is 1.62. The molecule has 0 radical (unpaired) electrons. The Balaban J connectivity index is 2.55. The Hall–Kier alpha value is -1.88. The summed E-state index contributed by atoms with van der Waals surface area (Å²) in [6.45, 7) is 7.21. The molecule has 0 atom stereocenters. The van der Waals surface area contributed by atoms with Gasteiger partial charge in [0.15, 0.2) is 0 Å². The van der Waals surface area contributed by atoms with E-state index in [4.69, 9.17) is 0 Å². The lowest BCUT2D eigenvalue weighted by Gasteiger charge is -2.13. The SMILES string of the molecule is Cc1cc(C)c(NC(=O)C(=O)NCCCN(C)C)c(C)c1. The summed E-state index contributed by atoms with van der Waals surface area (Å²) in [4.78, 5) is 25.7. The van der Waals surface area contributed by atoms with E-state index in [-0.39, 0.29) is 0 Å². The average molecular weight is 291 g/mol. The maximum absolute atomic E-state index is 11.9. The van der Waals surface area contributed by atoms with Gasteiger partial charge < -0.3 is 15.5 Å². The molecule has 0 unspecified atom stereocenters. The van der Waals surface area contributed by atoms with E-state index in [9.17, 15) is 9.59 Å². The van der Waals surface area contributed by atoms with Crippen LogP contribution in [0.5, 0.6) is 0 Å². The summed E-state index contributed by atoms with van der Waals surface area (Å²) in [5.74, 6) is -1.21. The molecule has 1 rings (SSSR count). The molecule has 0 heterocycles. The summed E-state index contributed by atoms with van der Waals surface area (Å²) in [6.07, 6.45) is 0.814. The zero-order chi connectivity index (χ0) is 16.0. The van der Waals surface area contributed by atoms with Crippen molar-refractivity contribution >= 4 is 17.5 Å². The maximum Gasteiger partial charge on any atom is 0.313 e. The molecule has 0 saturated heterocycles. The second kappa shape index (κ2) is 7.78. The fourth-order valence-corrected chi connectivity index (χ4v) is 2.22. The average Bonchev–Trinajstić information content (AvgIpc) is 2.38. The lowest BCUT2D eigenvalue weighted by molar-refractivity contribution is -0.136. The molecule has 1 aromatic carbocycles. The van der Waals surface area contributed by atoms with E-state index in [0.29, 0.717) is 12.2 Å². The van der Waals surface area contributed by atoms with Gasteiger partial charge in [-0.3, -0.25) is 9.59 Å². The highest BCUT2D eigenvalue weighted by atomic mass is 16.2. The van der Waals surface area contributed by atoms with Crippen molar-refractivity contribution < 1.29 is 9.59 Å².